The third kappa shape index (κ3) is 6.59. The molecule has 0 bridgehead atoms. The van der Waals surface area contributed by atoms with Gasteiger partial charge in [0.2, 0.25) is 0 Å². The number of hydrogen-bond donors (Lipinski definition) is 2. The van der Waals surface area contributed by atoms with E-state index in [1.54, 1.807) is 0 Å². The van der Waals surface area contributed by atoms with Crippen LogP contribution in [0.15, 0.2) is 29.3 Å². The maximum absolute atomic E-state index is 4.35. The number of nitrogens with one attached hydrogen (secondary N) is 2. The first-order valence-electron chi connectivity index (χ1n) is 8.83. The predicted molar refractivity (Wildman–Crippen MR) is 114 cm³/mol. The van der Waals surface area contributed by atoms with Crippen molar-refractivity contribution in [3.05, 3.63) is 35.4 Å². The van der Waals surface area contributed by atoms with Gasteiger partial charge >= 0.3 is 0 Å². The molecule has 1 aromatic rings. The highest BCUT2D eigenvalue weighted by molar-refractivity contribution is 14.0. The molecule has 136 valence electrons. The van der Waals surface area contributed by atoms with Crippen LogP contribution >= 0.6 is 24.0 Å². The molecule has 5 heteroatoms. The van der Waals surface area contributed by atoms with Crippen molar-refractivity contribution in [1.29, 1.82) is 0 Å². The molecule has 1 heterocycles. The van der Waals surface area contributed by atoms with Gasteiger partial charge in [-0.2, -0.15) is 0 Å². The Morgan fingerprint density at radius 1 is 1.29 bits per heavy atom. The number of guanidine groups is 1. The van der Waals surface area contributed by atoms with Crippen molar-refractivity contribution in [3.63, 3.8) is 0 Å². The lowest BCUT2D eigenvalue weighted by Crippen LogP contribution is -2.46. The zero-order valence-electron chi connectivity index (χ0n) is 15.5. The molecule has 1 saturated heterocycles. The summed E-state index contributed by atoms with van der Waals surface area (Å²) in [6.07, 6.45) is 2.62. The van der Waals surface area contributed by atoms with Gasteiger partial charge in [-0.05, 0) is 57.2 Å². The van der Waals surface area contributed by atoms with Crippen LogP contribution < -0.4 is 10.6 Å². The Labute approximate surface area is 164 Å². The van der Waals surface area contributed by atoms with E-state index in [1.165, 1.54) is 37.1 Å². The molecule has 0 aromatic heterocycles. The van der Waals surface area contributed by atoms with E-state index in [4.69, 9.17) is 0 Å². The van der Waals surface area contributed by atoms with Crippen LogP contribution in [0, 0.1) is 12.8 Å². The fourth-order valence-electron chi connectivity index (χ4n) is 3.18. The fourth-order valence-corrected chi connectivity index (χ4v) is 3.18. The third-order valence-electron chi connectivity index (χ3n) is 4.77. The minimum absolute atomic E-state index is 0. The van der Waals surface area contributed by atoms with Crippen LogP contribution in [-0.4, -0.2) is 43.6 Å². The number of halogens is 1. The largest absolute Gasteiger partial charge is 0.356 e. The normalized spacial score (nSPS) is 19.0. The summed E-state index contributed by atoms with van der Waals surface area (Å²) < 4.78 is 0. The van der Waals surface area contributed by atoms with E-state index in [2.05, 4.69) is 65.6 Å². The lowest BCUT2D eigenvalue weighted by molar-refractivity contribution is 0.141. The quantitative estimate of drug-likeness (QED) is 0.416. The second kappa shape index (κ2) is 10.9. The predicted octanol–water partition coefficient (Wildman–Crippen LogP) is 3.40. The molecule has 0 amide bonds. The zero-order chi connectivity index (χ0) is 16.7. The van der Waals surface area contributed by atoms with Gasteiger partial charge in [0, 0.05) is 32.7 Å². The summed E-state index contributed by atoms with van der Waals surface area (Å²) in [6, 6.07) is 9.13. The van der Waals surface area contributed by atoms with Crippen molar-refractivity contribution >= 4 is 29.9 Å². The van der Waals surface area contributed by atoms with Crippen molar-refractivity contribution < 1.29 is 0 Å². The van der Waals surface area contributed by atoms with Gasteiger partial charge in [0.1, 0.15) is 0 Å². The van der Waals surface area contributed by atoms with E-state index in [0.717, 1.165) is 19.0 Å². The van der Waals surface area contributed by atoms with Crippen LogP contribution in [-0.2, 0) is 6.54 Å². The molecule has 0 spiro atoms. The second-order valence-corrected chi connectivity index (χ2v) is 6.83. The minimum Gasteiger partial charge on any atom is -0.356 e. The number of aryl methyl sites for hydroxylation is 1. The monoisotopic (exact) mass is 444 g/mol. The SMILES string of the molecule is CN=C(NCc1ccccc1C)NCC1CCCN(C(C)C)C1.I. The molecule has 1 aromatic carbocycles. The van der Waals surface area contributed by atoms with E-state index in [1.807, 2.05) is 7.05 Å². The number of likely N-dealkylation sites (tertiary alicyclic amines) is 1. The molecule has 1 aliphatic rings. The second-order valence-electron chi connectivity index (χ2n) is 6.83. The van der Waals surface area contributed by atoms with Gasteiger partial charge in [-0.15, -0.1) is 24.0 Å². The summed E-state index contributed by atoms with van der Waals surface area (Å²) in [6.45, 7) is 11.0. The molecular formula is C19H33IN4. The average molecular weight is 444 g/mol. The van der Waals surface area contributed by atoms with E-state index in [0.29, 0.717) is 12.0 Å². The number of nitrogens with zero attached hydrogens (tertiary/aromatic N) is 2. The summed E-state index contributed by atoms with van der Waals surface area (Å²) in [5.41, 5.74) is 2.63. The summed E-state index contributed by atoms with van der Waals surface area (Å²) in [5.74, 6) is 1.61. The number of piperidine rings is 1. The Bertz CT molecular complexity index is 516. The van der Waals surface area contributed by atoms with Crippen molar-refractivity contribution in [1.82, 2.24) is 15.5 Å². The topological polar surface area (TPSA) is 39.7 Å². The molecule has 2 N–H and O–H groups in total. The first-order valence-corrected chi connectivity index (χ1v) is 8.83. The molecule has 1 unspecified atom stereocenters. The van der Waals surface area contributed by atoms with Gasteiger partial charge in [-0.1, -0.05) is 24.3 Å². The first-order chi connectivity index (χ1) is 11.1. The fraction of sp³-hybridized carbons (Fsp3) is 0.632. The molecule has 0 saturated carbocycles. The summed E-state index contributed by atoms with van der Waals surface area (Å²) in [7, 11) is 1.84. The molecule has 1 fully saturated rings. The molecule has 1 atom stereocenters. The Hall–Kier alpha value is -0.820. The Balaban J connectivity index is 0.00000288. The van der Waals surface area contributed by atoms with Crippen LogP contribution in [0.4, 0.5) is 0 Å². The van der Waals surface area contributed by atoms with E-state index >= 15 is 0 Å². The van der Waals surface area contributed by atoms with Crippen LogP contribution in [0.5, 0.6) is 0 Å². The Kier molecular flexibility index (Phi) is 9.66. The maximum Gasteiger partial charge on any atom is 0.191 e. The number of hydrogen-bond acceptors (Lipinski definition) is 2. The third-order valence-corrected chi connectivity index (χ3v) is 4.77. The van der Waals surface area contributed by atoms with Crippen molar-refractivity contribution in [2.75, 3.05) is 26.7 Å². The standard InChI is InChI=1S/C19H32N4.HI/c1-15(2)23-11-7-9-17(14-23)12-21-19(20-4)22-13-18-10-6-5-8-16(18)3;/h5-6,8,10,15,17H,7,9,11-14H2,1-4H3,(H2,20,21,22);1H. The Morgan fingerprint density at radius 3 is 2.71 bits per heavy atom. The van der Waals surface area contributed by atoms with Crippen molar-refractivity contribution in [2.24, 2.45) is 10.9 Å². The number of rotatable bonds is 5. The molecular weight excluding hydrogens is 411 g/mol. The maximum atomic E-state index is 4.35. The van der Waals surface area contributed by atoms with E-state index < -0.39 is 0 Å². The van der Waals surface area contributed by atoms with Crippen LogP contribution in [0.1, 0.15) is 37.8 Å². The highest BCUT2D eigenvalue weighted by atomic mass is 127. The van der Waals surface area contributed by atoms with Gasteiger partial charge in [0.15, 0.2) is 5.96 Å². The lowest BCUT2D eigenvalue weighted by Gasteiger charge is -2.35. The number of aliphatic imine (C=N–C) groups is 1. The van der Waals surface area contributed by atoms with Gasteiger partial charge in [0.05, 0.1) is 0 Å². The highest BCUT2D eigenvalue weighted by Gasteiger charge is 2.21. The van der Waals surface area contributed by atoms with Crippen molar-refractivity contribution in [2.45, 2.75) is 46.2 Å². The van der Waals surface area contributed by atoms with Crippen LogP contribution in [0.2, 0.25) is 0 Å². The van der Waals surface area contributed by atoms with Crippen LogP contribution in [0.3, 0.4) is 0 Å². The minimum atomic E-state index is 0. The lowest BCUT2D eigenvalue weighted by atomic mass is 9.97. The molecule has 0 aliphatic carbocycles. The van der Waals surface area contributed by atoms with E-state index in [-0.39, 0.29) is 24.0 Å². The highest BCUT2D eigenvalue weighted by Crippen LogP contribution is 2.17. The smallest absolute Gasteiger partial charge is 0.191 e. The average Bonchev–Trinajstić information content (AvgIpc) is 2.56. The van der Waals surface area contributed by atoms with Gasteiger partial charge in [-0.25, -0.2) is 0 Å². The first kappa shape index (κ1) is 21.2. The molecule has 24 heavy (non-hydrogen) atoms. The van der Waals surface area contributed by atoms with Crippen LogP contribution in [0.25, 0.3) is 0 Å². The zero-order valence-corrected chi connectivity index (χ0v) is 17.8. The van der Waals surface area contributed by atoms with E-state index in [9.17, 15) is 0 Å². The van der Waals surface area contributed by atoms with Gasteiger partial charge in [-0.3, -0.25) is 4.99 Å². The summed E-state index contributed by atoms with van der Waals surface area (Å²) in [5, 5.41) is 6.93. The molecule has 0 radical (unpaired) electrons. The Morgan fingerprint density at radius 2 is 2.04 bits per heavy atom. The molecule has 1 aliphatic heterocycles. The summed E-state index contributed by atoms with van der Waals surface area (Å²) in [4.78, 5) is 6.93. The molecule has 2 rings (SSSR count). The van der Waals surface area contributed by atoms with Gasteiger partial charge < -0.3 is 15.5 Å². The summed E-state index contributed by atoms with van der Waals surface area (Å²) >= 11 is 0. The number of benzene rings is 1. The molecule has 4 nitrogen and oxygen atoms in total. The van der Waals surface area contributed by atoms with Crippen molar-refractivity contribution in [3.8, 4) is 0 Å². The van der Waals surface area contributed by atoms with Gasteiger partial charge in [0.25, 0.3) is 0 Å².